The molecule has 262 valence electrons. The number of sulfonamides is 1. The van der Waals surface area contributed by atoms with Crippen LogP contribution in [0.5, 0.6) is 17.4 Å². The van der Waals surface area contributed by atoms with Crippen molar-refractivity contribution in [3.05, 3.63) is 93.8 Å². The molecule has 2 aromatic carbocycles. The number of pyridine rings is 1. The highest BCUT2D eigenvalue weighted by Gasteiger charge is 2.41. The van der Waals surface area contributed by atoms with Crippen molar-refractivity contribution in [2.75, 3.05) is 25.4 Å². The molecule has 2 fully saturated rings. The zero-order valence-electron chi connectivity index (χ0n) is 26.9. The van der Waals surface area contributed by atoms with Gasteiger partial charge in [-0.1, -0.05) is 12.1 Å². The van der Waals surface area contributed by atoms with E-state index in [-0.39, 0.29) is 46.4 Å². The number of benzene rings is 2. The standard InChI is InChI=1S/C35H33F4N5O5S/c1-19-11-32(49-34-27(36)3-2-4-28(34)37)41-17-29(19)44-35(40)26(16-42-44)33(45)23-12-21-14-25(30(15-22(21)13-23)48-18-31(38)39)20-7-9-43(10-8-20)50(46,47)24-5-6-24/h2-4,11,13-17,20,24,31H,5-10,12,18,40H2,1H3. The van der Waals surface area contributed by atoms with Gasteiger partial charge >= 0.3 is 0 Å². The Hall–Kier alpha value is -4.76. The van der Waals surface area contributed by atoms with Gasteiger partial charge in [0.05, 0.1) is 28.9 Å². The monoisotopic (exact) mass is 711 g/mol. The fourth-order valence-electron chi connectivity index (χ4n) is 6.51. The van der Waals surface area contributed by atoms with E-state index < -0.39 is 40.4 Å². The molecule has 7 rings (SSSR count). The summed E-state index contributed by atoms with van der Waals surface area (Å²) < 4.78 is 93.8. The average Bonchev–Trinajstić information content (AvgIpc) is 3.78. The number of aryl methyl sites for hydroxylation is 1. The van der Waals surface area contributed by atoms with E-state index >= 15 is 0 Å². The molecule has 50 heavy (non-hydrogen) atoms. The largest absolute Gasteiger partial charge is 0.487 e. The van der Waals surface area contributed by atoms with Gasteiger partial charge in [-0.2, -0.15) is 5.10 Å². The first kappa shape index (κ1) is 33.7. The van der Waals surface area contributed by atoms with Crippen LogP contribution in [0, 0.1) is 18.6 Å². The molecule has 1 aliphatic heterocycles. The lowest BCUT2D eigenvalue weighted by Crippen LogP contribution is -2.39. The van der Waals surface area contributed by atoms with Crippen LogP contribution in [-0.4, -0.2) is 64.6 Å². The van der Waals surface area contributed by atoms with Gasteiger partial charge in [0.25, 0.3) is 6.43 Å². The number of ketones is 1. The molecule has 1 saturated heterocycles. The first-order valence-electron chi connectivity index (χ1n) is 16.1. The number of halogens is 4. The van der Waals surface area contributed by atoms with Gasteiger partial charge in [-0.3, -0.25) is 4.79 Å². The second-order valence-corrected chi connectivity index (χ2v) is 14.9. The first-order valence-corrected chi connectivity index (χ1v) is 17.7. The molecule has 0 radical (unpaired) electrons. The van der Waals surface area contributed by atoms with E-state index in [4.69, 9.17) is 15.2 Å². The molecular formula is C35H33F4N5O5S. The van der Waals surface area contributed by atoms with E-state index in [1.807, 2.05) is 6.07 Å². The Morgan fingerprint density at radius 1 is 1.06 bits per heavy atom. The fraction of sp³-hybridized carbons (Fsp3) is 0.343. The van der Waals surface area contributed by atoms with Gasteiger partial charge in [-0.15, -0.1) is 0 Å². The van der Waals surface area contributed by atoms with Gasteiger partial charge < -0.3 is 15.2 Å². The number of nitrogens with zero attached hydrogens (tertiary/aromatic N) is 4. The Morgan fingerprint density at radius 3 is 2.44 bits per heavy atom. The van der Waals surface area contributed by atoms with Crippen LogP contribution in [0.15, 0.2) is 54.4 Å². The predicted octanol–water partition coefficient (Wildman–Crippen LogP) is 6.37. The molecule has 1 saturated carbocycles. The van der Waals surface area contributed by atoms with E-state index in [2.05, 4.69) is 10.1 Å². The third kappa shape index (κ3) is 6.47. The molecule has 15 heteroatoms. The number of fused-ring (bicyclic) bond motifs is 1. The number of rotatable bonds is 11. The molecule has 3 heterocycles. The molecule has 0 unspecified atom stereocenters. The molecular weight excluding hydrogens is 678 g/mol. The highest BCUT2D eigenvalue weighted by Crippen LogP contribution is 2.42. The molecule has 10 nitrogen and oxygen atoms in total. The lowest BCUT2D eigenvalue weighted by molar-refractivity contribution is 0.0810. The first-order chi connectivity index (χ1) is 23.9. The summed E-state index contributed by atoms with van der Waals surface area (Å²) in [6.07, 6.45) is 4.35. The van der Waals surface area contributed by atoms with Crippen LogP contribution in [0.3, 0.4) is 0 Å². The number of nitrogen functional groups attached to an aromatic ring is 1. The quantitative estimate of drug-likeness (QED) is 0.141. The van der Waals surface area contributed by atoms with E-state index in [1.165, 1.54) is 33.5 Å². The molecule has 0 amide bonds. The van der Waals surface area contributed by atoms with Crippen molar-refractivity contribution in [3.63, 3.8) is 0 Å². The maximum absolute atomic E-state index is 14.1. The number of para-hydroxylation sites is 1. The Labute approximate surface area is 285 Å². The van der Waals surface area contributed by atoms with Crippen LogP contribution >= 0.6 is 0 Å². The van der Waals surface area contributed by atoms with Gasteiger partial charge in [-0.25, -0.2) is 40.0 Å². The van der Waals surface area contributed by atoms with Crippen LogP contribution in [0.4, 0.5) is 23.4 Å². The second kappa shape index (κ2) is 13.2. The van der Waals surface area contributed by atoms with Gasteiger partial charge in [0.2, 0.25) is 21.7 Å². The number of piperidine rings is 1. The van der Waals surface area contributed by atoms with Gasteiger partial charge in [0.15, 0.2) is 17.4 Å². The molecule has 2 aromatic heterocycles. The Kier molecular flexibility index (Phi) is 8.89. The van der Waals surface area contributed by atoms with E-state index in [1.54, 1.807) is 19.1 Å². The summed E-state index contributed by atoms with van der Waals surface area (Å²) in [5, 5.41) is 4.00. The molecule has 2 aliphatic carbocycles. The zero-order valence-corrected chi connectivity index (χ0v) is 27.7. The molecule has 2 N–H and O–H groups in total. The van der Waals surface area contributed by atoms with Crippen molar-refractivity contribution in [1.82, 2.24) is 19.1 Å². The third-order valence-electron chi connectivity index (χ3n) is 9.30. The summed E-state index contributed by atoms with van der Waals surface area (Å²) in [6.45, 7) is 1.58. The SMILES string of the molecule is Cc1cc(Oc2c(F)cccc2F)ncc1-n1ncc(C(=O)C2=Cc3cc(OCC(F)F)c(C4CCN(S(=O)(=O)C5CC5)CC4)cc3C2)c1N. The van der Waals surface area contributed by atoms with Crippen LogP contribution < -0.4 is 15.2 Å². The number of carbonyl (C=O) groups is 1. The molecule has 0 bridgehead atoms. The summed E-state index contributed by atoms with van der Waals surface area (Å²) in [5.74, 6) is -2.56. The summed E-state index contributed by atoms with van der Waals surface area (Å²) in [6, 6.07) is 8.35. The number of allylic oxidation sites excluding steroid dienone is 1. The highest BCUT2D eigenvalue weighted by atomic mass is 32.2. The molecule has 0 spiro atoms. The number of Topliss-reactive ketones (excluding diaryl/α,β-unsaturated/α-hetero) is 1. The lowest BCUT2D eigenvalue weighted by atomic mass is 9.87. The minimum atomic E-state index is -3.31. The number of alkyl halides is 2. The second-order valence-electron chi connectivity index (χ2n) is 12.7. The number of hydrogen-bond acceptors (Lipinski definition) is 8. The van der Waals surface area contributed by atoms with E-state index in [0.29, 0.717) is 61.2 Å². The van der Waals surface area contributed by atoms with Crippen LogP contribution in [0.2, 0.25) is 0 Å². The average molecular weight is 712 g/mol. The molecule has 0 atom stereocenters. The highest BCUT2D eigenvalue weighted by molar-refractivity contribution is 7.90. The molecule has 4 aromatic rings. The number of ether oxygens (including phenoxy) is 2. The normalized spacial score (nSPS) is 16.8. The van der Waals surface area contributed by atoms with Crippen molar-refractivity contribution in [2.45, 2.75) is 56.6 Å². The Balaban J connectivity index is 1.09. The van der Waals surface area contributed by atoms with Crippen molar-refractivity contribution < 1.29 is 40.2 Å². The van der Waals surface area contributed by atoms with Crippen LogP contribution in [-0.2, 0) is 16.4 Å². The molecule has 3 aliphatic rings. The Morgan fingerprint density at radius 2 is 1.78 bits per heavy atom. The predicted molar refractivity (Wildman–Crippen MR) is 176 cm³/mol. The zero-order chi connectivity index (χ0) is 35.3. The fourth-order valence-corrected chi connectivity index (χ4v) is 8.39. The van der Waals surface area contributed by atoms with Crippen molar-refractivity contribution in [2.24, 2.45) is 0 Å². The number of carbonyl (C=O) groups excluding carboxylic acids is 1. The van der Waals surface area contributed by atoms with Gasteiger partial charge in [0, 0.05) is 31.1 Å². The van der Waals surface area contributed by atoms with E-state index in [0.717, 1.165) is 23.3 Å². The lowest BCUT2D eigenvalue weighted by Gasteiger charge is -2.32. The van der Waals surface area contributed by atoms with Crippen molar-refractivity contribution in [1.29, 1.82) is 0 Å². The minimum Gasteiger partial charge on any atom is -0.487 e. The number of aromatic nitrogens is 3. The maximum atomic E-state index is 14.1. The van der Waals surface area contributed by atoms with Crippen molar-refractivity contribution in [3.8, 4) is 23.1 Å². The van der Waals surface area contributed by atoms with E-state index in [9.17, 15) is 30.8 Å². The Bertz CT molecular complexity index is 2110. The van der Waals surface area contributed by atoms with Crippen LogP contribution in [0.25, 0.3) is 11.8 Å². The maximum Gasteiger partial charge on any atom is 0.272 e. The van der Waals surface area contributed by atoms with Crippen LogP contribution in [0.1, 0.15) is 64.2 Å². The number of hydrogen-bond donors (Lipinski definition) is 1. The van der Waals surface area contributed by atoms with Gasteiger partial charge in [-0.05, 0) is 85.1 Å². The number of nitrogens with two attached hydrogens (primary N) is 1. The minimum absolute atomic E-state index is 0.0418. The number of anilines is 1. The summed E-state index contributed by atoms with van der Waals surface area (Å²) in [7, 11) is -3.31. The smallest absolute Gasteiger partial charge is 0.272 e. The summed E-state index contributed by atoms with van der Waals surface area (Å²) in [4.78, 5) is 17.9. The summed E-state index contributed by atoms with van der Waals surface area (Å²) in [5.41, 5.74) is 10.1. The van der Waals surface area contributed by atoms with Crippen molar-refractivity contribution >= 4 is 27.7 Å². The van der Waals surface area contributed by atoms with Gasteiger partial charge in [0.1, 0.15) is 18.2 Å². The summed E-state index contributed by atoms with van der Waals surface area (Å²) >= 11 is 0. The topological polar surface area (TPSA) is 130 Å². The third-order valence-corrected chi connectivity index (χ3v) is 11.7.